The third kappa shape index (κ3) is 6.14. The summed E-state index contributed by atoms with van der Waals surface area (Å²) in [4.78, 5) is 86.6. The maximum Gasteiger partial charge on any atom is 0.262 e. The second kappa shape index (κ2) is 13.9. The SMILES string of the molecule is CC(=O)N1CCc2c(c(N3CCCc4cc5c(cc43)CCCC5)nn2C2CCN(C(=O)CN3Cc4cc5c(cc4C3)C(=O)N(C3CCC(=O)NC3=O)C5=O)CC2)C1. The Kier molecular flexibility index (Phi) is 8.80. The largest absolute Gasteiger partial charge is 0.341 e. The number of imide groups is 2. The second-order valence-corrected chi connectivity index (χ2v) is 17.0. The number of anilines is 2. The molecular weight excluding hydrogens is 725 g/mol. The Morgan fingerprint density at radius 2 is 1.40 bits per heavy atom. The number of likely N-dealkylation sites (tertiary alicyclic amines) is 1. The molecule has 2 saturated heterocycles. The van der Waals surface area contributed by atoms with Crippen LogP contribution in [-0.2, 0) is 64.5 Å². The number of carbonyl (C=O) groups excluding carboxylic acids is 6. The molecule has 2 aromatic carbocycles. The van der Waals surface area contributed by atoms with E-state index in [4.69, 9.17) is 5.10 Å². The van der Waals surface area contributed by atoms with Gasteiger partial charge in [-0.25, -0.2) is 0 Å². The van der Waals surface area contributed by atoms with Crippen molar-refractivity contribution >= 4 is 46.9 Å². The van der Waals surface area contributed by atoms with Gasteiger partial charge in [-0.2, -0.15) is 5.10 Å². The number of piperidine rings is 2. The van der Waals surface area contributed by atoms with Crippen molar-refractivity contribution in [1.82, 2.24) is 34.7 Å². The van der Waals surface area contributed by atoms with E-state index in [1.54, 1.807) is 19.1 Å². The molecule has 7 heterocycles. The molecule has 0 saturated carbocycles. The van der Waals surface area contributed by atoms with Crippen molar-refractivity contribution < 1.29 is 28.8 Å². The van der Waals surface area contributed by atoms with Gasteiger partial charge in [-0.1, -0.05) is 6.07 Å². The molecule has 1 unspecified atom stereocenters. The highest BCUT2D eigenvalue weighted by atomic mass is 16.2. The van der Waals surface area contributed by atoms with Crippen molar-refractivity contribution in [2.75, 3.05) is 37.6 Å². The first kappa shape index (κ1) is 36.0. The number of aryl methyl sites for hydroxylation is 3. The van der Waals surface area contributed by atoms with E-state index < -0.39 is 29.7 Å². The third-order valence-corrected chi connectivity index (χ3v) is 13.5. The Morgan fingerprint density at radius 1 is 0.719 bits per heavy atom. The topological polar surface area (TPSA) is 148 Å². The molecule has 1 aliphatic carbocycles. The van der Waals surface area contributed by atoms with E-state index in [0.29, 0.717) is 39.3 Å². The first-order valence-corrected chi connectivity index (χ1v) is 20.8. The summed E-state index contributed by atoms with van der Waals surface area (Å²) in [5.41, 5.74) is 10.3. The summed E-state index contributed by atoms with van der Waals surface area (Å²) in [7, 11) is 0. The lowest BCUT2D eigenvalue weighted by atomic mass is 9.87. The third-order valence-electron chi connectivity index (χ3n) is 13.5. The molecule has 3 aromatic rings. The Labute approximate surface area is 331 Å². The van der Waals surface area contributed by atoms with Gasteiger partial charge in [0.15, 0.2) is 5.82 Å². The molecule has 1 aromatic heterocycles. The molecule has 10 rings (SSSR count). The molecule has 6 amide bonds. The van der Waals surface area contributed by atoms with Crippen molar-refractivity contribution in [3.8, 4) is 0 Å². The molecular formula is C43H48N8O6. The average Bonchev–Trinajstić information content (AvgIpc) is 3.86. The number of rotatable bonds is 5. The Hall–Kier alpha value is -5.37. The van der Waals surface area contributed by atoms with Crippen molar-refractivity contribution in [1.29, 1.82) is 0 Å². The van der Waals surface area contributed by atoms with Crippen LogP contribution in [0, 0.1) is 0 Å². The Morgan fingerprint density at radius 3 is 2.09 bits per heavy atom. The predicted octanol–water partition coefficient (Wildman–Crippen LogP) is 3.33. The molecule has 0 bridgehead atoms. The van der Waals surface area contributed by atoms with E-state index in [2.05, 4.69) is 27.0 Å². The number of aromatic nitrogens is 2. The highest BCUT2D eigenvalue weighted by molar-refractivity contribution is 6.23. The van der Waals surface area contributed by atoms with Crippen molar-refractivity contribution in [3.63, 3.8) is 0 Å². The van der Waals surface area contributed by atoms with Crippen LogP contribution in [0.15, 0.2) is 24.3 Å². The zero-order chi connectivity index (χ0) is 39.1. The van der Waals surface area contributed by atoms with E-state index in [1.807, 2.05) is 14.7 Å². The minimum absolute atomic E-state index is 0.0542. The smallest absolute Gasteiger partial charge is 0.262 e. The van der Waals surface area contributed by atoms with Gasteiger partial charge in [0.1, 0.15) is 6.04 Å². The second-order valence-electron chi connectivity index (χ2n) is 17.0. The van der Waals surface area contributed by atoms with E-state index in [1.165, 1.54) is 40.9 Å². The number of hydrogen-bond acceptors (Lipinski definition) is 9. The molecule has 296 valence electrons. The molecule has 1 N–H and O–H groups in total. The van der Waals surface area contributed by atoms with Gasteiger partial charge < -0.3 is 14.7 Å². The Bertz CT molecular complexity index is 2230. The van der Waals surface area contributed by atoms with Crippen LogP contribution in [0.1, 0.15) is 118 Å². The highest BCUT2D eigenvalue weighted by Gasteiger charge is 2.45. The molecule has 7 aliphatic rings. The van der Waals surface area contributed by atoms with Gasteiger partial charge in [-0.05, 0) is 104 Å². The molecule has 14 nitrogen and oxygen atoms in total. The van der Waals surface area contributed by atoms with Gasteiger partial charge in [-0.3, -0.25) is 48.6 Å². The lowest BCUT2D eigenvalue weighted by Crippen LogP contribution is -2.54. The molecule has 0 spiro atoms. The zero-order valence-electron chi connectivity index (χ0n) is 32.5. The van der Waals surface area contributed by atoms with Crippen molar-refractivity contribution in [2.24, 2.45) is 0 Å². The number of carbonyl (C=O) groups is 6. The number of nitrogens with one attached hydrogen (secondary N) is 1. The Balaban J connectivity index is 0.818. The van der Waals surface area contributed by atoms with Crippen molar-refractivity contribution in [2.45, 2.75) is 109 Å². The number of fused-ring (bicyclic) bond motifs is 5. The van der Waals surface area contributed by atoms with Crippen LogP contribution in [0.4, 0.5) is 11.5 Å². The van der Waals surface area contributed by atoms with E-state index in [-0.39, 0.29) is 48.4 Å². The van der Waals surface area contributed by atoms with Gasteiger partial charge in [0.05, 0.1) is 30.3 Å². The standard InChI is InChI=1S/C43H48N8O6/c1-25(52)48-16-12-35-34(23-48)40(49-13-4-7-28-17-26-5-2-3-6-27(26)20-37(28)49)45-51(35)31-10-14-47(15-11-31)39(54)24-46-21-29-18-32-33(19-30(29)22-46)43(57)50(42(32)56)36-8-9-38(53)44-41(36)55/h17-20,31,36H,2-16,21-24H2,1H3,(H,44,53,55). The summed E-state index contributed by atoms with van der Waals surface area (Å²) in [5, 5.41) is 7.64. The van der Waals surface area contributed by atoms with Crippen LogP contribution in [0.5, 0.6) is 0 Å². The summed E-state index contributed by atoms with van der Waals surface area (Å²) in [5.74, 6) is -0.954. The fourth-order valence-electron chi connectivity index (χ4n) is 10.5. The van der Waals surface area contributed by atoms with Gasteiger partial charge in [0, 0.05) is 76.0 Å². The highest BCUT2D eigenvalue weighted by Crippen LogP contribution is 2.42. The zero-order valence-corrected chi connectivity index (χ0v) is 32.5. The summed E-state index contributed by atoms with van der Waals surface area (Å²) >= 11 is 0. The fraction of sp³-hybridized carbons (Fsp3) is 0.512. The average molecular weight is 773 g/mol. The quantitative estimate of drug-likeness (QED) is 0.386. The van der Waals surface area contributed by atoms with Gasteiger partial charge in [0.25, 0.3) is 11.8 Å². The number of nitrogens with zero attached hydrogens (tertiary/aromatic N) is 7. The van der Waals surface area contributed by atoms with Gasteiger partial charge in [0.2, 0.25) is 23.6 Å². The number of amides is 6. The van der Waals surface area contributed by atoms with Crippen molar-refractivity contribution in [3.05, 3.63) is 74.5 Å². The minimum Gasteiger partial charge on any atom is -0.341 e. The minimum atomic E-state index is -1.00. The monoisotopic (exact) mass is 772 g/mol. The lowest BCUT2D eigenvalue weighted by molar-refractivity contribution is -0.136. The normalized spacial score (nSPS) is 22.3. The van der Waals surface area contributed by atoms with Gasteiger partial charge >= 0.3 is 0 Å². The maximum atomic E-state index is 13.7. The maximum absolute atomic E-state index is 13.7. The van der Waals surface area contributed by atoms with E-state index in [0.717, 1.165) is 78.9 Å². The molecule has 2 fully saturated rings. The summed E-state index contributed by atoms with van der Waals surface area (Å²) < 4.78 is 2.25. The predicted molar refractivity (Wildman–Crippen MR) is 208 cm³/mol. The summed E-state index contributed by atoms with van der Waals surface area (Å²) in [6, 6.07) is 7.49. The van der Waals surface area contributed by atoms with Crippen LogP contribution < -0.4 is 10.2 Å². The molecule has 57 heavy (non-hydrogen) atoms. The number of hydrogen-bond donors (Lipinski definition) is 1. The van der Waals surface area contributed by atoms with Crippen LogP contribution in [-0.4, -0.2) is 104 Å². The van der Waals surface area contributed by atoms with Crippen LogP contribution in [0.25, 0.3) is 0 Å². The molecule has 1 atom stereocenters. The molecule has 6 aliphatic heterocycles. The van der Waals surface area contributed by atoms with E-state index in [9.17, 15) is 28.8 Å². The van der Waals surface area contributed by atoms with Gasteiger partial charge in [-0.15, -0.1) is 0 Å². The van der Waals surface area contributed by atoms with Crippen LogP contribution in [0.3, 0.4) is 0 Å². The lowest BCUT2D eigenvalue weighted by Gasteiger charge is -2.34. The van der Waals surface area contributed by atoms with Crippen LogP contribution >= 0.6 is 0 Å². The van der Waals surface area contributed by atoms with Crippen LogP contribution in [0.2, 0.25) is 0 Å². The molecule has 14 heteroatoms. The fourth-order valence-corrected chi connectivity index (χ4v) is 10.5. The first-order chi connectivity index (χ1) is 27.6. The number of benzene rings is 2. The summed E-state index contributed by atoms with van der Waals surface area (Å²) in [6.45, 7) is 6.23. The summed E-state index contributed by atoms with van der Waals surface area (Å²) in [6.07, 6.45) is 9.45. The first-order valence-electron chi connectivity index (χ1n) is 20.8. The molecule has 0 radical (unpaired) electrons. The van der Waals surface area contributed by atoms with E-state index >= 15 is 0 Å².